The van der Waals surface area contributed by atoms with Crippen molar-refractivity contribution in [2.45, 2.75) is 20.5 Å². The molecule has 4 aromatic rings. The predicted octanol–water partition coefficient (Wildman–Crippen LogP) is 6.49. The Morgan fingerprint density at radius 3 is 2.63 bits per heavy atom. The number of nitrogens with zero attached hydrogens (tertiary/aromatic N) is 2. The molecule has 3 aromatic carbocycles. The molecule has 0 radical (unpaired) electrons. The van der Waals surface area contributed by atoms with Crippen LogP contribution in [-0.4, -0.2) is 16.4 Å². The van der Waals surface area contributed by atoms with Crippen LogP contribution in [0.1, 0.15) is 27.8 Å². The van der Waals surface area contributed by atoms with Crippen LogP contribution in [0.5, 0.6) is 0 Å². The average molecular weight is 414 g/mol. The summed E-state index contributed by atoms with van der Waals surface area (Å²) in [5, 5.41) is 6.34. The number of aromatic nitrogens is 1. The van der Waals surface area contributed by atoms with E-state index in [4.69, 9.17) is 21.4 Å². The highest BCUT2D eigenvalue weighted by molar-refractivity contribution is 6.58. The lowest BCUT2D eigenvalue weighted by molar-refractivity contribution is 0.131. The molecule has 0 saturated heterocycles. The Morgan fingerprint density at radius 2 is 1.77 bits per heavy atom. The molecule has 0 atom stereocenters. The zero-order valence-electron chi connectivity index (χ0n) is 16.7. The molecule has 5 rings (SSSR count). The fraction of sp³-hybridized carbons (Fsp3) is 0.120. The van der Waals surface area contributed by atoms with Gasteiger partial charge in [0.15, 0.2) is 0 Å². The summed E-state index contributed by atoms with van der Waals surface area (Å²) in [4.78, 5) is 14.1. The van der Waals surface area contributed by atoms with Crippen LogP contribution >= 0.6 is 11.6 Å². The van der Waals surface area contributed by atoms with Gasteiger partial charge in [-0.1, -0.05) is 65.3 Å². The summed E-state index contributed by atoms with van der Waals surface area (Å²) in [5.74, 6) is 0. The van der Waals surface area contributed by atoms with E-state index in [0.717, 1.165) is 50.3 Å². The molecule has 0 amide bonds. The quantitative estimate of drug-likeness (QED) is 0.382. The van der Waals surface area contributed by atoms with Crippen molar-refractivity contribution in [2.75, 3.05) is 0 Å². The molecule has 2 heterocycles. The summed E-state index contributed by atoms with van der Waals surface area (Å²) < 4.78 is 0. The van der Waals surface area contributed by atoms with Gasteiger partial charge in [0.2, 0.25) is 0 Å². The van der Waals surface area contributed by atoms with Gasteiger partial charge in [0.05, 0.1) is 5.69 Å². The molecule has 1 aliphatic heterocycles. The third-order valence-corrected chi connectivity index (χ3v) is 5.63. The van der Waals surface area contributed by atoms with Crippen LogP contribution in [0.2, 0.25) is 5.02 Å². The van der Waals surface area contributed by atoms with Crippen LogP contribution in [-0.2, 0) is 11.4 Å². The van der Waals surface area contributed by atoms with E-state index in [2.05, 4.69) is 48.3 Å². The fourth-order valence-corrected chi connectivity index (χ4v) is 4.08. The Hall–Kier alpha value is -3.37. The van der Waals surface area contributed by atoms with Gasteiger partial charge in [0.1, 0.15) is 18.0 Å². The van der Waals surface area contributed by atoms with E-state index in [1.54, 1.807) is 0 Å². The summed E-state index contributed by atoms with van der Waals surface area (Å²) in [5.41, 5.74) is 8.91. The second-order valence-electron chi connectivity index (χ2n) is 7.47. The maximum atomic E-state index is 6.08. The molecule has 1 aliphatic rings. The van der Waals surface area contributed by atoms with Crippen LogP contribution in [0.15, 0.2) is 77.0 Å². The number of fused-ring (bicyclic) bond motifs is 2. The number of para-hydroxylation sites is 2. The normalized spacial score (nSPS) is 14.2. The molecule has 30 heavy (non-hydrogen) atoms. The molecule has 0 bridgehead atoms. The molecule has 0 unspecified atom stereocenters. The zero-order valence-corrected chi connectivity index (χ0v) is 17.5. The van der Waals surface area contributed by atoms with Gasteiger partial charge in [0, 0.05) is 33.2 Å². The van der Waals surface area contributed by atoms with Crippen LogP contribution in [0.4, 0.5) is 5.69 Å². The fourth-order valence-electron chi connectivity index (χ4n) is 3.87. The number of oxime groups is 1. The SMILES string of the molecule is Cc1cccc2c1N=C(c1c[nH]c3c(C)cccc13)/C2=N/OCc1cccc(Cl)c1. The minimum atomic E-state index is 0.339. The van der Waals surface area contributed by atoms with Gasteiger partial charge < -0.3 is 9.82 Å². The molecule has 0 saturated carbocycles. The highest BCUT2D eigenvalue weighted by Gasteiger charge is 2.27. The van der Waals surface area contributed by atoms with E-state index in [9.17, 15) is 0 Å². The number of halogens is 1. The van der Waals surface area contributed by atoms with E-state index in [1.807, 2.05) is 42.6 Å². The number of benzene rings is 3. The highest BCUT2D eigenvalue weighted by atomic mass is 35.5. The van der Waals surface area contributed by atoms with Crippen molar-refractivity contribution >= 4 is 39.6 Å². The van der Waals surface area contributed by atoms with Gasteiger partial charge in [-0.2, -0.15) is 0 Å². The minimum Gasteiger partial charge on any atom is -0.390 e. The van der Waals surface area contributed by atoms with Crippen LogP contribution in [0.25, 0.3) is 10.9 Å². The van der Waals surface area contributed by atoms with Gasteiger partial charge in [-0.3, -0.25) is 0 Å². The number of hydrogen-bond donors (Lipinski definition) is 1. The van der Waals surface area contributed by atoms with E-state index >= 15 is 0 Å². The van der Waals surface area contributed by atoms with E-state index in [0.29, 0.717) is 11.6 Å². The highest BCUT2D eigenvalue weighted by Crippen LogP contribution is 2.34. The van der Waals surface area contributed by atoms with Crippen LogP contribution in [0, 0.1) is 13.8 Å². The first kappa shape index (κ1) is 18.6. The van der Waals surface area contributed by atoms with Gasteiger partial charge >= 0.3 is 0 Å². The van der Waals surface area contributed by atoms with E-state index < -0.39 is 0 Å². The number of hydrogen-bond acceptors (Lipinski definition) is 3. The molecule has 148 valence electrons. The standard InChI is InChI=1S/C25H20ClN3O/c1-15-6-3-10-19-21(13-27-22(15)19)24-25(20-11-4-7-16(2)23(20)28-24)29-30-14-17-8-5-9-18(26)12-17/h3-13,27H,14H2,1-2H3/b29-25+. The Bertz CT molecular complexity index is 1330. The Morgan fingerprint density at radius 1 is 0.967 bits per heavy atom. The molecule has 0 fully saturated rings. The summed E-state index contributed by atoms with van der Waals surface area (Å²) in [6.45, 7) is 4.50. The molecular formula is C25H20ClN3O. The number of aryl methyl sites for hydroxylation is 2. The first-order chi connectivity index (χ1) is 14.6. The van der Waals surface area contributed by atoms with Crippen LogP contribution in [0.3, 0.4) is 0 Å². The third-order valence-electron chi connectivity index (χ3n) is 5.40. The molecule has 1 aromatic heterocycles. The maximum absolute atomic E-state index is 6.08. The predicted molar refractivity (Wildman–Crippen MR) is 123 cm³/mol. The zero-order chi connectivity index (χ0) is 20.7. The topological polar surface area (TPSA) is 49.7 Å². The maximum Gasteiger partial charge on any atom is 0.142 e. The monoisotopic (exact) mass is 413 g/mol. The molecule has 0 spiro atoms. The molecule has 1 N–H and O–H groups in total. The second-order valence-corrected chi connectivity index (χ2v) is 7.91. The van der Waals surface area contributed by atoms with Crippen LogP contribution < -0.4 is 0 Å². The molecule has 4 nitrogen and oxygen atoms in total. The minimum absolute atomic E-state index is 0.339. The summed E-state index contributed by atoms with van der Waals surface area (Å²) in [7, 11) is 0. The van der Waals surface area contributed by atoms with Crippen molar-refractivity contribution in [3.63, 3.8) is 0 Å². The third kappa shape index (κ3) is 3.19. The van der Waals surface area contributed by atoms with Crippen molar-refractivity contribution in [1.82, 2.24) is 4.98 Å². The summed E-state index contributed by atoms with van der Waals surface area (Å²) in [6.07, 6.45) is 2.00. The van der Waals surface area contributed by atoms with Crippen molar-refractivity contribution in [3.05, 3.63) is 99.7 Å². The Kier molecular flexibility index (Phi) is 4.64. The Balaban J connectivity index is 1.57. The number of aliphatic imine (C=N–C) groups is 1. The van der Waals surface area contributed by atoms with Gasteiger partial charge in [0.25, 0.3) is 0 Å². The number of H-pyrrole nitrogens is 1. The van der Waals surface area contributed by atoms with Crippen molar-refractivity contribution in [3.8, 4) is 0 Å². The molecule has 5 heteroatoms. The number of aromatic amines is 1. The summed E-state index contributed by atoms with van der Waals surface area (Å²) in [6, 6.07) is 20.0. The van der Waals surface area contributed by atoms with Crippen molar-refractivity contribution in [1.29, 1.82) is 0 Å². The lowest BCUT2D eigenvalue weighted by Crippen LogP contribution is -2.13. The molecule has 0 aliphatic carbocycles. The lowest BCUT2D eigenvalue weighted by Gasteiger charge is -2.06. The number of nitrogens with one attached hydrogen (secondary N) is 1. The Labute approximate surface area is 179 Å². The van der Waals surface area contributed by atoms with Crippen molar-refractivity contribution < 1.29 is 4.84 Å². The van der Waals surface area contributed by atoms with E-state index in [1.165, 1.54) is 5.56 Å². The smallest absolute Gasteiger partial charge is 0.142 e. The molecular weight excluding hydrogens is 394 g/mol. The number of rotatable bonds is 4. The summed E-state index contributed by atoms with van der Waals surface area (Å²) >= 11 is 6.08. The van der Waals surface area contributed by atoms with Gasteiger partial charge in [-0.05, 0) is 42.7 Å². The second kappa shape index (κ2) is 7.47. The largest absolute Gasteiger partial charge is 0.390 e. The first-order valence-electron chi connectivity index (χ1n) is 9.82. The van der Waals surface area contributed by atoms with Gasteiger partial charge in [-0.15, -0.1) is 0 Å². The lowest BCUT2D eigenvalue weighted by atomic mass is 10.00. The van der Waals surface area contributed by atoms with Crippen molar-refractivity contribution in [2.24, 2.45) is 10.1 Å². The average Bonchev–Trinajstić information content (AvgIpc) is 3.31. The first-order valence-corrected chi connectivity index (χ1v) is 10.2. The van der Waals surface area contributed by atoms with Gasteiger partial charge in [-0.25, -0.2) is 4.99 Å². The van der Waals surface area contributed by atoms with E-state index in [-0.39, 0.29) is 0 Å².